The molecule has 0 spiro atoms. The molecule has 0 radical (unpaired) electrons. The maximum atomic E-state index is 5.52. The molecule has 25 heavy (non-hydrogen) atoms. The Morgan fingerprint density at radius 1 is 1.20 bits per heavy atom. The van der Waals surface area contributed by atoms with Gasteiger partial charge in [0.25, 0.3) is 0 Å². The number of hydrogen-bond acceptors (Lipinski definition) is 4. The SMILES string of the molecule is COc1ccc(C=Nc2c(-c3ccco3)nc3ccccn23)cc1Br. The predicted octanol–water partition coefficient (Wildman–Crippen LogP) is 5.12. The van der Waals surface area contributed by atoms with E-state index >= 15 is 0 Å². The van der Waals surface area contributed by atoms with Crippen LogP contribution in [0.4, 0.5) is 5.82 Å². The normalized spacial score (nSPS) is 11.4. The largest absolute Gasteiger partial charge is 0.496 e. The monoisotopic (exact) mass is 395 g/mol. The minimum absolute atomic E-state index is 0.687. The topological polar surface area (TPSA) is 52.0 Å². The van der Waals surface area contributed by atoms with E-state index < -0.39 is 0 Å². The summed E-state index contributed by atoms with van der Waals surface area (Å²) < 4.78 is 13.6. The van der Waals surface area contributed by atoms with Crippen molar-refractivity contribution in [2.45, 2.75) is 0 Å². The molecule has 0 N–H and O–H groups in total. The summed E-state index contributed by atoms with van der Waals surface area (Å²) in [4.78, 5) is 9.31. The van der Waals surface area contributed by atoms with Crippen LogP contribution < -0.4 is 4.74 Å². The number of furan rings is 1. The number of aliphatic imine (C=N–C) groups is 1. The number of fused-ring (bicyclic) bond motifs is 1. The molecule has 0 unspecified atom stereocenters. The maximum absolute atomic E-state index is 5.52. The van der Waals surface area contributed by atoms with Crippen LogP contribution in [0.3, 0.4) is 0 Å². The Hall–Kier alpha value is -2.86. The Kier molecular flexibility index (Phi) is 4.11. The first-order chi connectivity index (χ1) is 12.3. The molecule has 0 aliphatic carbocycles. The number of rotatable bonds is 4. The average molecular weight is 396 g/mol. The summed E-state index contributed by atoms with van der Waals surface area (Å²) in [6.07, 6.45) is 5.37. The van der Waals surface area contributed by atoms with E-state index in [-0.39, 0.29) is 0 Å². The minimum Gasteiger partial charge on any atom is -0.496 e. The summed E-state index contributed by atoms with van der Waals surface area (Å²) in [6.45, 7) is 0. The van der Waals surface area contributed by atoms with Gasteiger partial charge >= 0.3 is 0 Å². The van der Waals surface area contributed by atoms with Gasteiger partial charge in [-0.05, 0) is 64.0 Å². The molecule has 4 rings (SSSR count). The summed E-state index contributed by atoms with van der Waals surface area (Å²) in [5, 5.41) is 0. The van der Waals surface area contributed by atoms with Gasteiger partial charge in [0.15, 0.2) is 17.3 Å². The molecule has 6 heteroatoms. The van der Waals surface area contributed by atoms with Gasteiger partial charge in [0.1, 0.15) is 11.4 Å². The number of hydrogen-bond donors (Lipinski definition) is 0. The third-order valence-electron chi connectivity index (χ3n) is 3.77. The molecule has 0 aliphatic rings. The highest BCUT2D eigenvalue weighted by Gasteiger charge is 2.15. The van der Waals surface area contributed by atoms with Crippen LogP contribution >= 0.6 is 15.9 Å². The lowest BCUT2D eigenvalue weighted by Gasteiger charge is -2.03. The van der Waals surface area contributed by atoms with E-state index in [1.54, 1.807) is 19.6 Å². The second-order valence-electron chi connectivity index (χ2n) is 5.34. The molecule has 0 amide bonds. The molecule has 0 fully saturated rings. The fourth-order valence-electron chi connectivity index (χ4n) is 2.58. The molecule has 0 aliphatic heterocycles. The first kappa shape index (κ1) is 15.7. The molecular formula is C19H14BrN3O2. The third kappa shape index (κ3) is 2.96. The van der Waals surface area contributed by atoms with E-state index in [4.69, 9.17) is 9.15 Å². The molecular weight excluding hydrogens is 382 g/mol. The van der Waals surface area contributed by atoms with Crippen LogP contribution in [-0.4, -0.2) is 22.7 Å². The molecule has 4 aromatic rings. The zero-order chi connectivity index (χ0) is 17.2. The molecule has 3 aromatic heterocycles. The first-order valence-electron chi connectivity index (χ1n) is 7.65. The minimum atomic E-state index is 0.687. The lowest BCUT2D eigenvalue weighted by Crippen LogP contribution is -1.88. The average Bonchev–Trinajstić information content (AvgIpc) is 3.27. The van der Waals surface area contributed by atoms with Gasteiger partial charge in [0, 0.05) is 12.4 Å². The number of methoxy groups -OCH3 is 1. The summed E-state index contributed by atoms with van der Waals surface area (Å²) in [7, 11) is 1.64. The highest BCUT2D eigenvalue weighted by molar-refractivity contribution is 9.10. The van der Waals surface area contributed by atoms with Gasteiger partial charge in [0.05, 0.1) is 17.8 Å². The quantitative estimate of drug-likeness (QED) is 0.450. The first-order valence-corrected chi connectivity index (χ1v) is 8.44. The van der Waals surface area contributed by atoms with E-state index in [0.717, 1.165) is 27.3 Å². The van der Waals surface area contributed by atoms with Gasteiger partial charge in [-0.15, -0.1) is 0 Å². The maximum Gasteiger partial charge on any atom is 0.168 e. The number of pyridine rings is 1. The molecule has 1 aromatic carbocycles. The number of ether oxygens (including phenoxy) is 1. The number of nitrogens with zero attached hydrogens (tertiary/aromatic N) is 3. The molecule has 3 heterocycles. The van der Waals surface area contributed by atoms with Crippen LogP contribution in [0.2, 0.25) is 0 Å². The number of aromatic nitrogens is 2. The fraction of sp³-hybridized carbons (Fsp3) is 0.0526. The van der Waals surface area contributed by atoms with Gasteiger partial charge in [-0.2, -0.15) is 0 Å². The van der Waals surface area contributed by atoms with Crippen molar-refractivity contribution in [3.8, 4) is 17.2 Å². The second kappa shape index (κ2) is 6.57. The number of halogens is 1. The smallest absolute Gasteiger partial charge is 0.168 e. The Labute approximate surface area is 152 Å². The van der Waals surface area contributed by atoms with Gasteiger partial charge in [0.2, 0.25) is 0 Å². The predicted molar refractivity (Wildman–Crippen MR) is 101 cm³/mol. The summed E-state index contributed by atoms with van der Waals surface area (Å²) in [5.74, 6) is 2.19. The lowest BCUT2D eigenvalue weighted by atomic mass is 10.2. The van der Waals surface area contributed by atoms with Crippen LogP contribution in [0.15, 0.2) is 74.9 Å². The van der Waals surface area contributed by atoms with Gasteiger partial charge in [-0.1, -0.05) is 6.07 Å². The van der Waals surface area contributed by atoms with Crippen molar-refractivity contribution in [2.24, 2.45) is 4.99 Å². The molecule has 5 nitrogen and oxygen atoms in total. The third-order valence-corrected chi connectivity index (χ3v) is 4.39. The van der Waals surface area contributed by atoms with E-state index in [1.165, 1.54) is 0 Å². The summed E-state index contributed by atoms with van der Waals surface area (Å²) in [5.41, 5.74) is 2.47. The Balaban J connectivity index is 1.80. The zero-order valence-corrected chi connectivity index (χ0v) is 15.0. The molecule has 0 saturated carbocycles. The Bertz CT molecular complexity index is 1050. The van der Waals surface area contributed by atoms with Crippen molar-refractivity contribution in [1.82, 2.24) is 9.38 Å². The summed E-state index contributed by atoms with van der Waals surface area (Å²) >= 11 is 3.49. The van der Waals surface area contributed by atoms with Gasteiger partial charge in [-0.3, -0.25) is 4.40 Å². The highest BCUT2D eigenvalue weighted by atomic mass is 79.9. The van der Waals surface area contributed by atoms with Crippen LogP contribution in [0.5, 0.6) is 5.75 Å². The van der Waals surface area contributed by atoms with E-state index in [1.807, 2.05) is 59.1 Å². The van der Waals surface area contributed by atoms with E-state index in [2.05, 4.69) is 25.9 Å². The van der Waals surface area contributed by atoms with Crippen LogP contribution in [0, 0.1) is 0 Å². The Morgan fingerprint density at radius 2 is 2.12 bits per heavy atom. The van der Waals surface area contributed by atoms with E-state index in [0.29, 0.717) is 11.5 Å². The highest BCUT2D eigenvalue weighted by Crippen LogP contribution is 2.31. The van der Waals surface area contributed by atoms with Gasteiger partial charge in [-0.25, -0.2) is 9.98 Å². The molecule has 0 bridgehead atoms. The number of benzene rings is 1. The van der Waals surface area contributed by atoms with Crippen molar-refractivity contribution < 1.29 is 9.15 Å². The Morgan fingerprint density at radius 3 is 2.88 bits per heavy atom. The lowest BCUT2D eigenvalue weighted by molar-refractivity contribution is 0.412. The standard InChI is InChI=1S/C19H14BrN3O2/c1-24-15-8-7-13(11-14(15)20)12-21-19-18(16-5-4-10-25-16)22-17-6-2-3-9-23(17)19/h2-12H,1H3. The van der Waals surface area contributed by atoms with Crippen LogP contribution in [-0.2, 0) is 0 Å². The van der Waals surface area contributed by atoms with Crippen molar-refractivity contribution in [3.05, 3.63) is 71.0 Å². The van der Waals surface area contributed by atoms with E-state index in [9.17, 15) is 0 Å². The van der Waals surface area contributed by atoms with Crippen molar-refractivity contribution >= 4 is 33.6 Å². The van der Waals surface area contributed by atoms with Gasteiger partial charge < -0.3 is 9.15 Å². The van der Waals surface area contributed by atoms with Crippen molar-refractivity contribution in [1.29, 1.82) is 0 Å². The number of imidazole rings is 1. The molecule has 0 saturated heterocycles. The summed E-state index contributed by atoms with van der Waals surface area (Å²) in [6, 6.07) is 15.4. The van der Waals surface area contributed by atoms with Crippen LogP contribution in [0.25, 0.3) is 17.1 Å². The van der Waals surface area contributed by atoms with Crippen molar-refractivity contribution in [3.63, 3.8) is 0 Å². The van der Waals surface area contributed by atoms with Crippen LogP contribution in [0.1, 0.15) is 5.56 Å². The molecule has 0 atom stereocenters. The van der Waals surface area contributed by atoms with Crippen molar-refractivity contribution in [2.75, 3.05) is 7.11 Å². The fourth-order valence-corrected chi connectivity index (χ4v) is 3.14. The zero-order valence-electron chi connectivity index (χ0n) is 13.4. The second-order valence-corrected chi connectivity index (χ2v) is 6.20. The molecule has 124 valence electrons.